The van der Waals surface area contributed by atoms with Gasteiger partial charge in [0.25, 0.3) is 5.91 Å². The second-order valence-electron chi connectivity index (χ2n) is 11.0. The van der Waals surface area contributed by atoms with Crippen molar-refractivity contribution in [2.45, 2.75) is 33.4 Å². The van der Waals surface area contributed by atoms with Crippen molar-refractivity contribution < 1.29 is 38.1 Å². The summed E-state index contributed by atoms with van der Waals surface area (Å²) in [7, 11) is 1.44. The number of hydrazone groups is 1. The lowest BCUT2D eigenvalue weighted by atomic mass is 9.95. The number of ether oxygens (including phenoxy) is 5. The maximum Gasteiger partial charge on any atom is 0.338 e. The lowest BCUT2D eigenvalue weighted by molar-refractivity contribution is -0.139. The van der Waals surface area contributed by atoms with Crippen molar-refractivity contribution in [3.63, 3.8) is 0 Å². The molecule has 0 bridgehead atoms. The summed E-state index contributed by atoms with van der Waals surface area (Å²) in [6.07, 6.45) is 1.43. The Kier molecular flexibility index (Phi) is 11.8. The van der Waals surface area contributed by atoms with Crippen LogP contribution in [0.2, 0.25) is 5.02 Å². The van der Waals surface area contributed by atoms with Crippen molar-refractivity contribution in [1.29, 1.82) is 0 Å². The number of benzene rings is 4. The van der Waals surface area contributed by atoms with Gasteiger partial charge in [-0.2, -0.15) is 5.10 Å². The largest absolute Gasteiger partial charge is 0.493 e. The molecule has 13 heteroatoms. The first-order chi connectivity index (χ1) is 24.2. The lowest BCUT2D eigenvalue weighted by Crippen LogP contribution is -2.45. The predicted octanol–water partition coefficient (Wildman–Crippen LogP) is 6.20. The number of halogens is 1. The Morgan fingerprint density at radius 3 is 2.52 bits per heavy atom. The second kappa shape index (κ2) is 16.6. The molecule has 4 aromatic rings. The van der Waals surface area contributed by atoms with E-state index in [4.69, 9.17) is 35.3 Å². The average Bonchev–Trinajstić information content (AvgIpc) is 3.10. The summed E-state index contributed by atoms with van der Waals surface area (Å²) in [6.45, 7) is 5.65. The summed E-state index contributed by atoms with van der Waals surface area (Å²) in [6, 6.07) is 21.1. The van der Waals surface area contributed by atoms with Crippen LogP contribution in [0.4, 0.5) is 4.79 Å². The standard InChI is InChI=1S/C37H37ClN4O8/c1-5-47-31-17-23(16-28(38)35(31)50-20-26-12-9-11-24-10-7-8-13-27(24)26)19-39-42-32(43)21-49-29-15-14-25(18-30(29)46-4)34-33(36(44)48-6-2)22(3)40-37(45)41-34/h7-19,34H,5-6,20-21H2,1-4H3,(H,42,43)(H2,40,41,45)/b39-19-/t34-/m1/s1. The zero-order valence-corrected chi connectivity index (χ0v) is 28.8. The van der Waals surface area contributed by atoms with Gasteiger partial charge in [0.2, 0.25) is 0 Å². The highest BCUT2D eigenvalue weighted by Crippen LogP contribution is 2.38. The first kappa shape index (κ1) is 35.6. The molecule has 5 rings (SSSR count). The molecule has 260 valence electrons. The first-order valence-electron chi connectivity index (χ1n) is 15.9. The fraction of sp³-hybridized carbons (Fsp3) is 0.243. The Labute approximate surface area is 294 Å². The summed E-state index contributed by atoms with van der Waals surface area (Å²) in [4.78, 5) is 37.5. The van der Waals surface area contributed by atoms with Gasteiger partial charge in [-0.1, -0.05) is 60.1 Å². The third kappa shape index (κ3) is 8.45. The highest BCUT2D eigenvalue weighted by molar-refractivity contribution is 6.32. The number of allylic oxidation sites excluding steroid dienone is 1. The van der Waals surface area contributed by atoms with E-state index in [2.05, 4.69) is 21.2 Å². The van der Waals surface area contributed by atoms with E-state index in [0.717, 1.165) is 16.3 Å². The number of fused-ring (bicyclic) bond motifs is 1. The maximum absolute atomic E-state index is 12.7. The molecular formula is C37H37ClN4O8. The number of nitrogens with zero attached hydrogens (tertiary/aromatic N) is 1. The van der Waals surface area contributed by atoms with Gasteiger partial charge in [0.1, 0.15) is 6.61 Å². The van der Waals surface area contributed by atoms with Gasteiger partial charge in [-0.15, -0.1) is 0 Å². The Hall–Kier alpha value is -5.75. The third-order valence-electron chi connectivity index (χ3n) is 7.63. The SMILES string of the molecule is CCOC(=O)C1=C(C)NC(=O)N[C@@H]1c1ccc(OCC(=O)N/N=C\c2cc(Cl)c(OCc3cccc4ccccc34)c(OCC)c2)c(OC)c1. The van der Waals surface area contributed by atoms with E-state index in [1.165, 1.54) is 13.3 Å². The summed E-state index contributed by atoms with van der Waals surface area (Å²) < 4.78 is 28.3. The number of carbonyl (C=O) groups is 3. The molecule has 0 radical (unpaired) electrons. The fourth-order valence-corrected chi connectivity index (χ4v) is 5.67. The van der Waals surface area contributed by atoms with Crippen molar-refractivity contribution in [1.82, 2.24) is 16.1 Å². The monoisotopic (exact) mass is 700 g/mol. The van der Waals surface area contributed by atoms with E-state index in [1.807, 2.05) is 49.4 Å². The molecule has 1 atom stereocenters. The molecule has 3 amide bonds. The second-order valence-corrected chi connectivity index (χ2v) is 11.4. The lowest BCUT2D eigenvalue weighted by Gasteiger charge is -2.28. The van der Waals surface area contributed by atoms with Gasteiger partial charge in [-0.3, -0.25) is 4.79 Å². The smallest absolute Gasteiger partial charge is 0.338 e. The Morgan fingerprint density at radius 1 is 0.940 bits per heavy atom. The number of hydrogen-bond acceptors (Lipinski definition) is 9. The number of methoxy groups -OCH3 is 1. The van der Waals surface area contributed by atoms with Crippen LogP contribution in [0.3, 0.4) is 0 Å². The molecule has 1 aliphatic rings. The molecule has 50 heavy (non-hydrogen) atoms. The van der Waals surface area contributed by atoms with E-state index in [9.17, 15) is 14.4 Å². The third-order valence-corrected chi connectivity index (χ3v) is 7.91. The number of amides is 3. The minimum atomic E-state index is -0.787. The molecule has 12 nitrogen and oxygen atoms in total. The fourth-order valence-electron chi connectivity index (χ4n) is 5.39. The van der Waals surface area contributed by atoms with Crippen LogP contribution in [-0.2, 0) is 20.9 Å². The topological polar surface area (TPSA) is 146 Å². The molecule has 4 aromatic carbocycles. The molecule has 0 spiro atoms. The van der Waals surface area contributed by atoms with Gasteiger partial charge in [0.05, 0.1) is 43.2 Å². The van der Waals surface area contributed by atoms with Crippen molar-refractivity contribution >= 4 is 46.5 Å². The normalized spacial score (nSPS) is 14.2. The quantitative estimate of drug-likeness (QED) is 0.0801. The number of carbonyl (C=O) groups excluding carboxylic acids is 3. The molecule has 0 saturated heterocycles. The van der Waals surface area contributed by atoms with E-state index in [0.29, 0.717) is 40.0 Å². The van der Waals surface area contributed by atoms with Gasteiger partial charge in [0.15, 0.2) is 29.6 Å². The predicted molar refractivity (Wildman–Crippen MR) is 189 cm³/mol. The zero-order valence-electron chi connectivity index (χ0n) is 28.0. The van der Waals surface area contributed by atoms with Gasteiger partial charge in [-0.25, -0.2) is 15.0 Å². The van der Waals surface area contributed by atoms with E-state index >= 15 is 0 Å². The van der Waals surface area contributed by atoms with Crippen LogP contribution in [0.1, 0.15) is 43.5 Å². The summed E-state index contributed by atoms with van der Waals surface area (Å²) in [5, 5.41) is 11.9. The number of esters is 1. The molecule has 0 fully saturated rings. The van der Waals surface area contributed by atoms with Crippen molar-refractivity contribution in [3.05, 3.63) is 106 Å². The maximum atomic E-state index is 12.7. The number of urea groups is 1. The summed E-state index contributed by atoms with van der Waals surface area (Å²) in [5.41, 5.74) is 5.21. The van der Waals surface area contributed by atoms with Crippen molar-refractivity contribution in [2.24, 2.45) is 5.10 Å². The highest BCUT2D eigenvalue weighted by atomic mass is 35.5. The summed E-state index contributed by atoms with van der Waals surface area (Å²) in [5.74, 6) is 0.302. The van der Waals surface area contributed by atoms with Crippen LogP contribution < -0.4 is 35.0 Å². The van der Waals surface area contributed by atoms with E-state index in [1.54, 1.807) is 44.2 Å². The first-order valence-corrected chi connectivity index (χ1v) is 16.2. The molecule has 0 aromatic heterocycles. The van der Waals surface area contributed by atoms with Crippen LogP contribution >= 0.6 is 11.6 Å². The minimum absolute atomic E-state index is 0.176. The van der Waals surface area contributed by atoms with Gasteiger partial charge in [-0.05, 0) is 72.5 Å². The Balaban J connectivity index is 1.21. The van der Waals surface area contributed by atoms with Crippen LogP contribution in [-0.4, -0.2) is 51.1 Å². The average molecular weight is 701 g/mol. The molecule has 0 unspecified atom stereocenters. The van der Waals surface area contributed by atoms with E-state index < -0.39 is 23.9 Å². The van der Waals surface area contributed by atoms with Gasteiger partial charge < -0.3 is 34.3 Å². The Bertz CT molecular complexity index is 1960. The number of rotatable bonds is 14. The van der Waals surface area contributed by atoms with Crippen LogP contribution in [0.15, 0.2) is 89.2 Å². The molecule has 1 aliphatic heterocycles. The van der Waals surface area contributed by atoms with Crippen molar-refractivity contribution in [3.8, 4) is 23.0 Å². The van der Waals surface area contributed by atoms with Crippen LogP contribution in [0.5, 0.6) is 23.0 Å². The van der Waals surface area contributed by atoms with Crippen molar-refractivity contribution in [2.75, 3.05) is 26.9 Å². The number of hydrogen-bond donors (Lipinski definition) is 3. The summed E-state index contributed by atoms with van der Waals surface area (Å²) >= 11 is 6.62. The zero-order chi connectivity index (χ0) is 35.6. The highest BCUT2D eigenvalue weighted by Gasteiger charge is 2.32. The number of nitrogens with one attached hydrogen (secondary N) is 3. The molecule has 3 N–H and O–H groups in total. The minimum Gasteiger partial charge on any atom is -0.493 e. The molecule has 0 aliphatic carbocycles. The van der Waals surface area contributed by atoms with E-state index in [-0.39, 0.29) is 36.9 Å². The molecule has 1 heterocycles. The molecule has 0 saturated carbocycles. The van der Waals surface area contributed by atoms with Crippen LogP contribution in [0.25, 0.3) is 10.8 Å². The van der Waals surface area contributed by atoms with Gasteiger partial charge in [0, 0.05) is 5.70 Å². The molecular weight excluding hydrogens is 664 g/mol. The van der Waals surface area contributed by atoms with Crippen LogP contribution in [0, 0.1) is 0 Å². The Morgan fingerprint density at radius 2 is 1.74 bits per heavy atom. The van der Waals surface area contributed by atoms with Gasteiger partial charge >= 0.3 is 12.0 Å².